The molecule has 102 valence electrons. The molecule has 5 heteroatoms. The molecule has 0 aliphatic heterocycles. The molecule has 1 aromatic rings. The monoisotopic (exact) mass is 264 g/mol. The Morgan fingerprint density at radius 3 is 2.63 bits per heavy atom. The van der Waals surface area contributed by atoms with Gasteiger partial charge in [-0.05, 0) is 30.7 Å². The number of ether oxygens (including phenoxy) is 2. The lowest BCUT2D eigenvalue weighted by molar-refractivity contribution is -0.131. The van der Waals surface area contributed by atoms with E-state index in [1.165, 1.54) is 7.11 Å². The van der Waals surface area contributed by atoms with Crippen molar-refractivity contribution in [2.75, 3.05) is 13.7 Å². The molecule has 0 atom stereocenters. The van der Waals surface area contributed by atoms with Gasteiger partial charge in [0.25, 0.3) is 0 Å². The maximum Gasteiger partial charge on any atom is 0.328 e. The van der Waals surface area contributed by atoms with Gasteiger partial charge in [0.1, 0.15) is 11.5 Å². The van der Waals surface area contributed by atoms with Gasteiger partial charge in [0, 0.05) is 6.08 Å². The van der Waals surface area contributed by atoms with Gasteiger partial charge in [-0.25, -0.2) is 4.79 Å². The van der Waals surface area contributed by atoms with Crippen LogP contribution in [-0.2, 0) is 4.79 Å². The van der Waals surface area contributed by atoms with Gasteiger partial charge in [0.05, 0.1) is 19.3 Å². The summed E-state index contributed by atoms with van der Waals surface area (Å²) in [5.41, 5.74) is 0.272. The van der Waals surface area contributed by atoms with Crippen LogP contribution in [0, 0.1) is 0 Å². The molecule has 0 aliphatic rings. The van der Waals surface area contributed by atoms with Crippen LogP contribution in [-0.4, -0.2) is 30.6 Å². The fourth-order valence-electron chi connectivity index (χ4n) is 1.43. The summed E-state index contributed by atoms with van der Waals surface area (Å²) in [6.07, 6.45) is 2.64. The summed E-state index contributed by atoms with van der Waals surface area (Å²) in [5, 5.41) is 8.51. The Hall–Kier alpha value is -2.30. The van der Waals surface area contributed by atoms with Crippen LogP contribution < -0.4 is 9.47 Å². The molecule has 0 saturated carbocycles. The number of rotatable bonds is 7. The van der Waals surface area contributed by atoms with Crippen LogP contribution in [0.4, 0.5) is 0 Å². The van der Waals surface area contributed by atoms with Crippen molar-refractivity contribution in [1.82, 2.24) is 0 Å². The molecule has 0 heterocycles. The van der Waals surface area contributed by atoms with E-state index < -0.39 is 11.8 Å². The number of methoxy groups -OCH3 is 1. The van der Waals surface area contributed by atoms with E-state index in [0.717, 1.165) is 18.6 Å². The molecule has 1 rings (SSSR count). The molecule has 0 aromatic heterocycles. The molecule has 1 N–H and O–H groups in total. The maximum atomic E-state index is 11.9. The number of hydrogen-bond acceptors (Lipinski definition) is 4. The highest BCUT2D eigenvalue weighted by molar-refractivity contribution is 6.08. The summed E-state index contributed by atoms with van der Waals surface area (Å²) < 4.78 is 10.5. The first-order valence-electron chi connectivity index (χ1n) is 5.84. The van der Waals surface area contributed by atoms with Crippen LogP contribution in [0.3, 0.4) is 0 Å². The Morgan fingerprint density at radius 2 is 2.05 bits per heavy atom. The van der Waals surface area contributed by atoms with Crippen LogP contribution >= 0.6 is 0 Å². The Morgan fingerprint density at radius 1 is 1.32 bits per heavy atom. The molecule has 0 radical (unpaired) electrons. The molecular weight excluding hydrogens is 248 g/mol. The molecule has 0 bridgehead atoms. The molecule has 1 aromatic carbocycles. The van der Waals surface area contributed by atoms with Gasteiger partial charge in [-0.1, -0.05) is 6.92 Å². The lowest BCUT2D eigenvalue weighted by Gasteiger charge is -2.09. The summed E-state index contributed by atoms with van der Waals surface area (Å²) >= 11 is 0. The second kappa shape index (κ2) is 7.20. The number of carboxylic acids is 1. The fraction of sp³-hybridized carbons (Fsp3) is 0.286. The van der Waals surface area contributed by atoms with Crippen LogP contribution in [0.1, 0.15) is 23.7 Å². The molecule has 19 heavy (non-hydrogen) atoms. The van der Waals surface area contributed by atoms with Crippen molar-refractivity contribution in [1.29, 1.82) is 0 Å². The highest BCUT2D eigenvalue weighted by Crippen LogP contribution is 2.25. The first kappa shape index (κ1) is 14.8. The number of hydrogen-bond donors (Lipinski definition) is 1. The van der Waals surface area contributed by atoms with Crippen LogP contribution in [0.25, 0.3) is 0 Å². The van der Waals surface area contributed by atoms with E-state index in [-0.39, 0.29) is 5.56 Å². The van der Waals surface area contributed by atoms with Crippen molar-refractivity contribution in [3.8, 4) is 11.5 Å². The Labute approximate surface area is 111 Å². The summed E-state index contributed by atoms with van der Waals surface area (Å²) in [6, 6.07) is 4.86. The van der Waals surface area contributed by atoms with Gasteiger partial charge >= 0.3 is 5.97 Å². The zero-order valence-corrected chi connectivity index (χ0v) is 10.9. The standard InChI is InChI=1S/C14H16O5/c1-3-8-19-10-4-6-13(18-2)11(9-10)12(15)5-7-14(16)17/h4-7,9H,3,8H2,1-2H3,(H,16,17)/b7-5+. The Kier molecular flexibility index (Phi) is 5.60. The normalized spacial score (nSPS) is 10.4. The summed E-state index contributed by atoms with van der Waals surface area (Å²) in [4.78, 5) is 22.3. The average Bonchev–Trinajstić information content (AvgIpc) is 2.42. The molecule has 0 amide bonds. The highest BCUT2D eigenvalue weighted by atomic mass is 16.5. The van der Waals surface area contributed by atoms with Crippen molar-refractivity contribution in [2.24, 2.45) is 0 Å². The number of aliphatic carboxylic acids is 1. The smallest absolute Gasteiger partial charge is 0.328 e. The van der Waals surface area contributed by atoms with Crippen molar-refractivity contribution >= 4 is 11.8 Å². The van der Waals surface area contributed by atoms with Crippen LogP contribution in [0.2, 0.25) is 0 Å². The molecule has 5 nitrogen and oxygen atoms in total. The average molecular weight is 264 g/mol. The third kappa shape index (κ3) is 4.46. The van der Waals surface area contributed by atoms with Gasteiger partial charge in [-0.2, -0.15) is 0 Å². The zero-order valence-electron chi connectivity index (χ0n) is 10.9. The van der Waals surface area contributed by atoms with Gasteiger partial charge < -0.3 is 14.6 Å². The second-order valence-electron chi connectivity index (χ2n) is 3.75. The van der Waals surface area contributed by atoms with Crippen molar-refractivity contribution in [3.05, 3.63) is 35.9 Å². The topological polar surface area (TPSA) is 72.8 Å². The van der Waals surface area contributed by atoms with Gasteiger partial charge in [0.2, 0.25) is 0 Å². The summed E-state index contributed by atoms with van der Waals surface area (Å²) in [7, 11) is 1.44. The quantitative estimate of drug-likeness (QED) is 0.604. The lowest BCUT2D eigenvalue weighted by Crippen LogP contribution is -2.02. The van der Waals surface area contributed by atoms with Gasteiger partial charge in [0.15, 0.2) is 5.78 Å². The minimum Gasteiger partial charge on any atom is -0.496 e. The third-order valence-electron chi connectivity index (χ3n) is 2.29. The van der Waals surface area contributed by atoms with Crippen LogP contribution in [0.15, 0.2) is 30.4 Å². The number of benzene rings is 1. The van der Waals surface area contributed by atoms with Crippen molar-refractivity contribution in [2.45, 2.75) is 13.3 Å². The number of ketones is 1. The molecule has 0 aliphatic carbocycles. The summed E-state index contributed by atoms with van der Waals surface area (Å²) in [6.45, 7) is 2.52. The summed E-state index contributed by atoms with van der Waals surface area (Å²) in [5.74, 6) is -0.689. The van der Waals surface area contributed by atoms with Crippen LogP contribution in [0.5, 0.6) is 11.5 Å². The van der Waals surface area contributed by atoms with Gasteiger partial charge in [-0.15, -0.1) is 0 Å². The number of allylic oxidation sites excluding steroid dienone is 1. The Bertz CT molecular complexity index is 491. The van der Waals surface area contributed by atoms with E-state index in [1.807, 2.05) is 6.92 Å². The molecule has 0 saturated heterocycles. The van der Waals surface area contributed by atoms with Crippen molar-refractivity contribution in [3.63, 3.8) is 0 Å². The largest absolute Gasteiger partial charge is 0.496 e. The number of carbonyl (C=O) groups excluding carboxylic acids is 1. The predicted molar refractivity (Wildman–Crippen MR) is 69.9 cm³/mol. The van der Waals surface area contributed by atoms with Crippen molar-refractivity contribution < 1.29 is 24.2 Å². The van der Waals surface area contributed by atoms with E-state index >= 15 is 0 Å². The minimum atomic E-state index is -1.18. The van der Waals surface area contributed by atoms with E-state index in [2.05, 4.69) is 0 Å². The third-order valence-corrected chi connectivity index (χ3v) is 2.29. The Balaban J connectivity index is 3.01. The van der Waals surface area contributed by atoms with E-state index in [1.54, 1.807) is 18.2 Å². The molecule has 0 spiro atoms. The minimum absolute atomic E-state index is 0.272. The predicted octanol–water partition coefficient (Wildman–Crippen LogP) is 2.31. The molecule has 0 unspecified atom stereocenters. The maximum absolute atomic E-state index is 11.9. The fourth-order valence-corrected chi connectivity index (χ4v) is 1.43. The number of carboxylic acid groups (broad SMARTS) is 1. The molecule has 0 fully saturated rings. The second-order valence-corrected chi connectivity index (χ2v) is 3.75. The zero-order chi connectivity index (χ0) is 14.3. The van der Waals surface area contributed by atoms with E-state index in [0.29, 0.717) is 18.1 Å². The lowest BCUT2D eigenvalue weighted by atomic mass is 10.1. The molecular formula is C14H16O5. The highest BCUT2D eigenvalue weighted by Gasteiger charge is 2.11. The van der Waals surface area contributed by atoms with Gasteiger partial charge in [-0.3, -0.25) is 4.79 Å². The SMILES string of the molecule is CCCOc1ccc(OC)c(C(=O)/C=C/C(=O)O)c1. The first-order valence-corrected chi connectivity index (χ1v) is 5.84. The van der Waals surface area contributed by atoms with E-state index in [9.17, 15) is 9.59 Å². The number of carbonyl (C=O) groups is 2. The van der Waals surface area contributed by atoms with E-state index in [4.69, 9.17) is 14.6 Å². The first-order chi connectivity index (χ1) is 9.08.